The molecule has 146 valence electrons. The largest absolute Gasteiger partial charge is 0.472 e. The lowest BCUT2D eigenvalue weighted by molar-refractivity contribution is 0.221. The SMILES string of the molecule is Cc1ccc(NC(=O)N2CCC(n3c(-c4ccoc4)nc4cccnc43)C2)cc1. The summed E-state index contributed by atoms with van der Waals surface area (Å²) >= 11 is 0. The Labute approximate surface area is 168 Å². The molecule has 0 spiro atoms. The van der Waals surface area contributed by atoms with Crippen molar-refractivity contribution in [3.05, 3.63) is 66.8 Å². The summed E-state index contributed by atoms with van der Waals surface area (Å²) in [5, 5.41) is 2.99. The number of nitrogens with zero attached hydrogens (tertiary/aromatic N) is 4. The summed E-state index contributed by atoms with van der Waals surface area (Å²) in [7, 11) is 0. The molecule has 2 amide bonds. The second kappa shape index (κ2) is 7.09. The number of benzene rings is 1. The number of amides is 2. The third-order valence-corrected chi connectivity index (χ3v) is 5.35. The van der Waals surface area contributed by atoms with Crippen molar-refractivity contribution in [1.29, 1.82) is 0 Å². The summed E-state index contributed by atoms with van der Waals surface area (Å²) in [6, 6.07) is 13.6. The van der Waals surface area contributed by atoms with Crippen LogP contribution in [-0.4, -0.2) is 38.6 Å². The Hall–Kier alpha value is -3.61. The van der Waals surface area contributed by atoms with E-state index < -0.39 is 0 Å². The maximum atomic E-state index is 12.8. The fraction of sp³-hybridized carbons (Fsp3) is 0.227. The highest BCUT2D eigenvalue weighted by Crippen LogP contribution is 2.32. The summed E-state index contributed by atoms with van der Waals surface area (Å²) in [6.45, 7) is 3.31. The fourth-order valence-corrected chi connectivity index (χ4v) is 3.85. The second-order valence-corrected chi connectivity index (χ2v) is 7.35. The van der Waals surface area contributed by atoms with Gasteiger partial charge in [0, 0.05) is 25.0 Å². The van der Waals surface area contributed by atoms with E-state index in [2.05, 4.69) is 14.9 Å². The van der Waals surface area contributed by atoms with Gasteiger partial charge in [0.05, 0.1) is 17.9 Å². The lowest BCUT2D eigenvalue weighted by atomic mass is 10.2. The van der Waals surface area contributed by atoms with E-state index >= 15 is 0 Å². The molecule has 7 nitrogen and oxygen atoms in total. The molecule has 1 unspecified atom stereocenters. The van der Waals surface area contributed by atoms with Gasteiger partial charge in [0.25, 0.3) is 0 Å². The van der Waals surface area contributed by atoms with Gasteiger partial charge in [-0.05, 0) is 43.7 Å². The van der Waals surface area contributed by atoms with Gasteiger partial charge in [-0.25, -0.2) is 14.8 Å². The van der Waals surface area contributed by atoms with Crippen molar-refractivity contribution in [3.8, 4) is 11.4 Å². The molecule has 3 aromatic heterocycles. The monoisotopic (exact) mass is 387 g/mol. The standard InChI is InChI=1S/C22H21N5O2/c1-15-4-6-17(7-5-15)24-22(28)26-11-8-18(13-26)27-20(16-9-12-29-14-16)25-19-3-2-10-23-21(19)27/h2-7,9-10,12,14,18H,8,11,13H2,1H3,(H,24,28). The lowest BCUT2D eigenvalue weighted by Gasteiger charge is -2.19. The minimum Gasteiger partial charge on any atom is -0.472 e. The van der Waals surface area contributed by atoms with Crippen LogP contribution in [0, 0.1) is 6.92 Å². The Morgan fingerprint density at radius 3 is 2.86 bits per heavy atom. The van der Waals surface area contributed by atoms with Crippen molar-refractivity contribution in [2.24, 2.45) is 0 Å². The summed E-state index contributed by atoms with van der Waals surface area (Å²) in [5.74, 6) is 0.818. The van der Waals surface area contributed by atoms with Crippen LogP contribution >= 0.6 is 0 Å². The number of hydrogen-bond acceptors (Lipinski definition) is 4. The highest BCUT2D eigenvalue weighted by Gasteiger charge is 2.31. The predicted molar refractivity (Wildman–Crippen MR) is 111 cm³/mol. The zero-order valence-corrected chi connectivity index (χ0v) is 16.1. The highest BCUT2D eigenvalue weighted by atomic mass is 16.3. The topological polar surface area (TPSA) is 76.2 Å². The Balaban J connectivity index is 1.41. The fourth-order valence-electron chi connectivity index (χ4n) is 3.85. The van der Waals surface area contributed by atoms with Crippen molar-refractivity contribution >= 4 is 22.9 Å². The minimum absolute atomic E-state index is 0.0846. The number of nitrogens with one attached hydrogen (secondary N) is 1. The summed E-state index contributed by atoms with van der Waals surface area (Å²) < 4.78 is 7.41. The quantitative estimate of drug-likeness (QED) is 0.562. The van der Waals surface area contributed by atoms with Crippen LogP contribution < -0.4 is 5.32 Å². The first-order chi connectivity index (χ1) is 14.2. The number of imidazole rings is 1. The van der Waals surface area contributed by atoms with Crippen LogP contribution in [0.1, 0.15) is 18.0 Å². The summed E-state index contributed by atoms with van der Waals surface area (Å²) in [6.07, 6.45) is 5.95. The first kappa shape index (κ1) is 17.5. The number of fused-ring (bicyclic) bond motifs is 1. The number of hydrogen-bond donors (Lipinski definition) is 1. The Kier molecular flexibility index (Phi) is 4.27. The van der Waals surface area contributed by atoms with Crippen LogP contribution in [0.3, 0.4) is 0 Å². The molecule has 4 aromatic rings. The molecule has 7 heteroatoms. The molecular formula is C22H21N5O2. The molecule has 0 radical (unpaired) electrons. The Bertz CT molecular complexity index is 1150. The van der Waals surface area contributed by atoms with Gasteiger partial charge < -0.3 is 19.2 Å². The van der Waals surface area contributed by atoms with E-state index in [-0.39, 0.29) is 12.1 Å². The van der Waals surface area contributed by atoms with Crippen LogP contribution in [0.15, 0.2) is 65.6 Å². The average Bonchev–Trinajstić information content (AvgIpc) is 3.48. The smallest absolute Gasteiger partial charge is 0.321 e. The molecule has 4 heterocycles. The van der Waals surface area contributed by atoms with Crippen molar-refractivity contribution in [2.75, 3.05) is 18.4 Å². The maximum absolute atomic E-state index is 12.8. The first-order valence-corrected chi connectivity index (χ1v) is 9.67. The number of aryl methyl sites for hydroxylation is 1. The highest BCUT2D eigenvalue weighted by molar-refractivity contribution is 5.89. The minimum atomic E-state index is -0.0846. The van der Waals surface area contributed by atoms with Gasteiger partial charge in [-0.15, -0.1) is 0 Å². The number of furan rings is 1. The van der Waals surface area contributed by atoms with E-state index in [9.17, 15) is 4.79 Å². The Morgan fingerprint density at radius 1 is 1.21 bits per heavy atom. The number of likely N-dealkylation sites (tertiary alicyclic amines) is 1. The van der Waals surface area contributed by atoms with Crippen molar-refractivity contribution in [1.82, 2.24) is 19.4 Å². The van der Waals surface area contributed by atoms with Gasteiger partial charge in [-0.3, -0.25) is 0 Å². The van der Waals surface area contributed by atoms with Crippen LogP contribution in [-0.2, 0) is 0 Å². The van der Waals surface area contributed by atoms with Crippen molar-refractivity contribution in [2.45, 2.75) is 19.4 Å². The molecule has 1 fully saturated rings. The van der Waals surface area contributed by atoms with Gasteiger partial charge in [-0.1, -0.05) is 17.7 Å². The van der Waals surface area contributed by atoms with Gasteiger partial charge in [0.2, 0.25) is 0 Å². The maximum Gasteiger partial charge on any atom is 0.321 e. The van der Waals surface area contributed by atoms with E-state index in [1.165, 1.54) is 0 Å². The molecule has 1 N–H and O–H groups in total. The van der Waals surface area contributed by atoms with Gasteiger partial charge in [0.1, 0.15) is 17.6 Å². The number of anilines is 1. The van der Waals surface area contributed by atoms with E-state index in [1.807, 2.05) is 54.3 Å². The molecule has 29 heavy (non-hydrogen) atoms. The normalized spacial score (nSPS) is 16.4. The van der Waals surface area contributed by atoms with E-state index in [4.69, 9.17) is 9.40 Å². The summed E-state index contributed by atoms with van der Waals surface area (Å²) in [5.41, 5.74) is 4.54. The van der Waals surface area contributed by atoms with Crippen LogP contribution in [0.5, 0.6) is 0 Å². The molecule has 1 atom stereocenters. The van der Waals surface area contributed by atoms with Gasteiger partial charge >= 0.3 is 6.03 Å². The third kappa shape index (κ3) is 3.24. The molecule has 5 rings (SSSR count). The van der Waals surface area contributed by atoms with Crippen LogP contribution in [0.25, 0.3) is 22.6 Å². The molecule has 1 aliphatic rings. The number of rotatable bonds is 3. The summed E-state index contributed by atoms with van der Waals surface area (Å²) in [4.78, 5) is 23.9. The van der Waals surface area contributed by atoms with Crippen LogP contribution in [0.4, 0.5) is 10.5 Å². The molecule has 0 saturated carbocycles. The Morgan fingerprint density at radius 2 is 2.07 bits per heavy atom. The van der Waals surface area contributed by atoms with Gasteiger partial charge in [0.15, 0.2) is 5.65 Å². The lowest BCUT2D eigenvalue weighted by Crippen LogP contribution is -2.33. The van der Waals surface area contributed by atoms with E-state index in [1.54, 1.807) is 18.7 Å². The zero-order chi connectivity index (χ0) is 19.8. The molecule has 1 aliphatic heterocycles. The van der Waals surface area contributed by atoms with Crippen molar-refractivity contribution < 1.29 is 9.21 Å². The number of carbonyl (C=O) groups is 1. The predicted octanol–water partition coefficient (Wildman–Crippen LogP) is 4.48. The number of pyridine rings is 1. The first-order valence-electron chi connectivity index (χ1n) is 9.67. The molecular weight excluding hydrogens is 366 g/mol. The average molecular weight is 387 g/mol. The van der Waals surface area contributed by atoms with Crippen LogP contribution in [0.2, 0.25) is 0 Å². The van der Waals surface area contributed by atoms with Gasteiger partial charge in [-0.2, -0.15) is 0 Å². The number of carbonyl (C=O) groups excluding carboxylic acids is 1. The van der Waals surface area contributed by atoms with E-state index in [0.717, 1.165) is 40.2 Å². The zero-order valence-electron chi connectivity index (χ0n) is 16.1. The molecule has 0 aliphatic carbocycles. The number of aromatic nitrogens is 3. The van der Waals surface area contributed by atoms with E-state index in [0.29, 0.717) is 13.1 Å². The molecule has 1 saturated heterocycles. The third-order valence-electron chi connectivity index (χ3n) is 5.35. The molecule has 0 bridgehead atoms. The van der Waals surface area contributed by atoms with Crippen molar-refractivity contribution in [3.63, 3.8) is 0 Å². The molecule has 1 aromatic carbocycles. The second-order valence-electron chi connectivity index (χ2n) is 7.35. The number of urea groups is 1.